The molecular weight excluding hydrogens is 334 g/mol. The second kappa shape index (κ2) is 4.68. The summed E-state index contributed by atoms with van der Waals surface area (Å²) >= 11 is 5.90. The quantitative estimate of drug-likeness (QED) is 0.829. The fraction of sp³-hybridized carbons (Fsp3) is 0.538. The lowest BCUT2D eigenvalue weighted by molar-refractivity contribution is 0.178. The molecule has 2 aliphatic rings. The normalized spacial score (nSPS) is 21.2. The van der Waals surface area contributed by atoms with Crippen LogP contribution < -0.4 is 0 Å². The summed E-state index contributed by atoms with van der Waals surface area (Å²) in [6.07, 6.45) is 3.23. The van der Waals surface area contributed by atoms with E-state index in [4.69, 9.17) is 11.6 Å². The zero-order valence-corrected chi connectivity index (χ0v) is 13.9. The van der Waals surface area contributed by atoms with E-state index in [2.05, 4.69) is 0 Å². The predicted octanol–water partition coefficient (Wildman–Crippen LogP) is 1.67. The number of hydrogen-bond acceptors (Lipinski definition) is 4. The Morgan fingerprint density at radius 1 is 1.19 bits per heavy atom. The molecule has 0 amide bonds. The smallest absolute Gasteiger partial charge is 0.229 e. The van der Waals surface area contributed by atoms with Crippen LogP contribution in [-0.4, -0.2) is 40.5 Å². The topological polar surface area (TPSA) is 71.5 Å². The molecule has 0 bridgehead atoms. The minimum Gasteiger partial charge on any atom is -0.229 e. The molecule has 5 nitrogen and oxygen atoms in total. The molecule has 3 rings (SSSR count). The zero-order valence-electron chi connectivity index (χ0n) is 11.5. The van der Waals surface area contributed by atoms with Gasteiger partial charge in [0.25, 0.3) is 0 Å². The third kappa shape index (κ3) is 2.97. The first-order valence-electron chi connectivity index (χ1n) is 6.58. The van der Waals surface area contributed by atoms with E-state index in [0.29, 0.717) is 13.1 Å². The molecular formula is C13H16ClNO4S2. The van der Waals surface area contributed by atoms with Crippen LogP contribution >= 0.6 is 11.6 Å². The van der Waals surface area contributed by atoms with Gasteiger partial charge in [-0.25, -0.2) is 16.8 Å². The highest BCUT2D eigenvalue weighted by Crippen LogP contribution is 2.54. The average molecular weight is 350 g/mol. The minimum absolute atomic E-state index is 0.0101. The van der Waals surface area contributed by atoms with Gasteiger partial charge in [0.15, 0.2) is 9.84 Å². The van der Waals surface area contributed by atoms with E-state index in [9.17, 15) is 16.8 Å². The number of nitrogens with zero attached hydrogens (tertiary/aromatic N) is 1. The van der Waals surface area contributed by atoms with Crippen LogP contribution in [0.1, 0.15) is 18.4 Å². The lowest BCUT2D eigenvalue weighted by atomic mass is 10.0. The molecule has 1 saturated heterocycles. The molecule has 21 heavy (non-hydrogen) atoms. The van der Waals surface area contributed by atoms with Crippen molar-refractivity contribution < 1.29 is 16.8 Å². The van der Waals surface area contributed by atoms with Crippen molar-refractivity contribution in [3.05, 3.63) is 28.8 Å². The van der Waals surface area contributed by atoms with Gasteiger partial charge in [-0.1, -0.05) is 17.7 Å². The van der Waals surface area contributed by atoms with Crippen LogP contribution in [0.4, 0.5) is 0 Å². The van der Waals surface area contributed by atoms with Crippen LogP contribution in [0.25, 0.3) is 0 Å². The lowest BCUT2D eigenvalue weighted by Crippen LogP contribution is -2.51. The molecule has 1 aliphatic heterocycles. The first kappa shape index (κ1) is 15.3. The fourth-order valence-corrected chi connectivity index (χ4v) is 5.73. The predicted molar refractivity (Wildman–Crippen MR) is 80.4 cm³/mol. The molecule has 8 heteroatoms. The highest BCUT2D eigenvalue weighted by molar-refractivity contribution is 7.90. The number of hydrogen-bond donors (Lipinski definition) is 0. The molecule has 1 heterocycles. The number of sulfonamides is 1. The molecule has 2 fully saturated rings. The van der Waals surface area contributed by atoms with Crippen LogP contribution in [0.3, 0.4) is 0 Å². The van der Waals surface area contributed by atoms with Crippen LogP contribution in [0.2, 0.25) is 5.02 Å². The first-order chi connectivity index (χ1) is 9.61. The fourth-order valence-electron chi connectivity index (χ4n) is 2.67. The van der Waals surface area contributed by atoms with E-state index in [-0.39, 0.29) is 26.6 Å². The van der Waals surface area contributed by atoms with Crippen molar-refractivity contribution >= 4 is 31.5 Å². The summed E-state index contributed by atoms with van der Waals surface area (Å²) in [6, 6.07) is 4.33. The molecule has 0 atom stereocenters. The van der Waals surface area contributed by atoms with Gasteiger partial charge in [0, 0.05) is 24.4 Å². The van der Waals surface area contributed by atoms with E-state index in [1.54, 1.807) is 0 Å². The SMILES string of the molecule is CS(=O)(=O)Cc1ccc(Cl)cc1S(=O)(=O)N1CC2(CC2)C1. The van der Waals surface area contributed by atoms with Crippen LogP contribution in [0.15, 0.2) is 23.1 Å². The molecule has 1 spiro atoms. The van der Waals surface area contributed by atoms with E-state index < -0.39 is 19.9 Å². The van der Waals surface area contributed by atoms with Crippen molar-refractivity contribution in [3.63, 3.8) is 0 Å². The molecule has 1 saturated carbocycles. The Kier molecular flexibility index (Phi) is 3.40. The number of rotatable bonds is 4. The Balaban J connectivity index is 1.98. The Morgan fingerprint density at radius 3 is 2.33 bits per heavy atom. The second-order valence-electron chi connectivity index (χ2n) is 6.10. The van der Waals surface area contributed by atoms with Gasteiger partial charge in [-0.15, -0.1) is 0 Å². The van der Waals surface area contributed by atoms with Gasteiger partial charge in [0.05, 0.1) is 10.6 Å². The standard InChI is InChI=1S/C13H16ClNO4S2/c1-20(16,17)7-10-2-3-11(14)6-12(10)21(18,19)15-8-13(9-15)4-5-13/h2-3,6H,4-5,7-9H2,1H3. The van der Waals surface area contributed by atoms with Gasteiger partial charge in [0.2, 0.25) is 10.0 Å². The van der Waals surface area contributed by atoms with Crippen LogP contribution in [0.5, 0.6) is 0 Å². The maximum Gasteiger partial charge on any atom is 0.243 e. The molecule has 0 N–H and O–H groups in total. The number of halogens is 1. The molecule has 0 aromatic heterocycles. The molecule has 116 valence electrons. The molecule has 0 radical (unpaired) electrons. The summed E-state index contributed by atoms with van der Waals surface area (Å²) in [7, 11) is -7.00. The van der Waals surface area contributed by atoms with Gasteiger partial charge in [-0.3, -0.25) is 0 Å². The Hall–Kier alpha value is -0.630. The van der Waals surface area contributed by atoms with Gasteiger partial charge in [-0.2, -0.15) is 4.31 Å². The van der Waals surface area contributed by atoms with E-state index in [1.807, 2.05) is 0 Å². The van der Waals surface area contributed by atoms with Crippen LogP contribution in [-0.2, 0) is 25.6 Å². The van der Waals surface area contributed by atoms with Crippen molar-refractivity contribution in [1.82, 2.24) is 4.31 Å². The van der Waals surface area contributed by atoms with Crippen molar-refractivity contribution in [1.29, 1.82) is 0 Å². The van der Waals surface area contributed by atoms with Crippen LogP contribution in [0, 0.1) is 5.41 Å². The van der Waals surface area contributed by atoms with Crippen molar-refractivity contribution in [2.75, 3.05) is 19.3 Å². The summed E-state index contributed by atoms with van der Waals surface area (Å²) in [5, 5.41) is 0.285. The maximum absolute atomic E-state index is 12.7. The summed E-state index contributed by atoms with van der Waals surface area (Å²) < 4.78 is 49.7. The molecule has 0 unspecified atom stereocenters. The third-order valence-electron chi connectivity index (χ3n) is 4.05. The third-order valence-corrected chi connectivity index (χ3v) is 6.99. The van der Waals surface area contributed by atoms with E-state index in [1.165, 1.54) is 22.5 Å². The Morgan fingerprint density at radius 2 is 1.81 bits per heavy atom. The van der Waals surface area contributed by atoms with Crippen molar-refractivity contribution in [2.24, 2.45) is 5.41 Å². The van der Waals surface area contributed by atoms with Gasteiger partial charge in [-0.05, 0) is 36.0 Å². The highest BCUT2D eigenvalue weighted by atomic mass is 35.5. The maximum atomic E-state index is 12.7. The molecule has 1 aromatic carbocycles. The summed E-state index contributed by atoms with van der Waals surface area (Å²) in [4.78, 5) is 0.0101. The summed E-state index contributed by atoms with van der Waals surface area (Å²) in [5.74, 6) is -0.308. The number of benzene rings is 1. The summed E-state index contributed by atoms with van der Waals surface area (Å²) in [6.45, 7) is 1.06. The van der Waals surface area contributed by atoms with Gasteiger partial charge < -0.3 is 0 Å². The highest BCUT2D eigenvalue weighted by Gasteiger charge is 2.56. The monoisotopic (exact) mass is 349 g/mol. The van der Waals surface area contributed by atoms with Gasteiger partial charge >= 0.3 is 0 Å². The summed E-state index contributed by atoms with van der Waals surface area (Å²) in [5.41, 5.74) is 0.474. The van der Waals surface area contributed by atoms with Crippen molar-refractivity contribution in [2.45, 2.75) is 23.5 Å². The van der Waals surface area contributed by atoms with Crippen molar-refractivity contribution in [3.8, 4) is 0 Å². The second-order valence-corrected chi connectivity index (χ2v) is 10.6. The number of sulfone groups is 1. The largest absolute Gasteiger partial charge is 0.243 e. The lowest BCUT2D eigenvalue weighted by Gasteiger charge is -2.39. The molecule has 1 aliphatic carbocycles. The Bertz CT molecular complexity index is 789. The molecule has 1 aromatic rings. The first-order valence-corrected chi connectivity index (χ1v) is 10.5. The Labute approximate surface area is 129 Å². The van der Waals surface area contributed by atoms with E-state index >= 15 is 0 Å². The minimum atomic E-state index is -3.67. The average Bonchev–Trinajstić information content (AvgIpc) is 3.07. The van der Waals surface area contributed by atoms with E-state index in [0.717, 1.165) is 19.1 Å². The zero-order chi connectivity index (χ0) is 15.5. The van der Waals surface area contributed by atoms with Gasteiger partial charge in [0.1, 0.15) is 0 Å².